The molecule has 7 nitrogen and oxygen atoms in total. The topological polar surface area (TPSA) is 70.6 Å². The smallest absolute Gasteiger partial charge is 0.272 e. The molecule has 1 aliphatic heterocycles. The van der Waals surface area contributed by atoms with Crippen LogP contribution in [0.3, 0.4) is 0 Å². The van der Waals surface area contributed by atoms with Crippen molar-refractivity contribution in [2.75, 3.05) is 56.7 Å². The van der Waals surface area contributed by atoms with Gasteiger partial charge in [0.15, 0.2) is 0 Å². The van der Waals surface area contributed by atoms with Gasteiger partial charge in [0, 0.05) is 58.2 Å². The Kier molecular flexibility index (Phi) is 6.54. The van der Waals surface area contributed by atoms with Crippen LogP contribution < -0.4 is 10.2 Å². The maximum atomic E-state index is 13.1. The number of hydrogen-bond acceptors (Lipinski definition) is 6. The molecule has 1 aliphatic rings. The summed E-state index contributed by atoms with van der Waals surface area (Å²) in [5.74, 6) is 0.286. The SMILES string of the molecule is COCCCNc1cc(C(=O)N2CCN(c3ccc(F)cc3)CC2)ncn1. The summed E-state index contributed by atoms with van der Waals surface area (Å²) in [5.41, 5.74) is 1.35. The molecule has 1 aromatic heterocycles. The number of aromatic nitrogens is 2. The summed E-state index contributed by atoms with van der Waals surface area (Å²) in [4.78, 5) is 24.9. The van der Waals surface area contributed by atoms with Crippen molar-refractivity contribution in [2.45, 2.75) is 6.42 Å². The lowest BCUT2D eigenvalue weighted by atomic mass is 10.2. The highest BCUT2D eigenvalue weighted by Gasteiger charge is 2.23. The van der Waals surface area contributed by atoms with Crippen molar-refractivity contribution >= 4 is 17.4 Å². The molecule has 1 N–H and O–H groups in total. The van der Waals surface area contributed by atoms with Crippen molar-refractivity contribution < 1.29 is 13.9 Å². The number of carbonyl (C=O) groups excluding carboxylic acids is 1. The lowest BCUT2D eigenvalue weighted by Gasteiger charge is -2.36. The largest absolute Gasteiger partial charge is 0.385 e. The Balaban J connectivity index is 1.55. The van der Waals surface area contributed by atoms with E-state index in [9.17, 15) is 9.18 Å². The van der Waals surface area contributed by atoms with Gasteiger partial charge in [0.25, 0.3) is 5.91 Å². The zero-order chi connectivity index (χ0) is 19.1. The molecule has 2 aromatic rings. The quantitative estimate of drug-likeness (QED) is 0.749. The van der Waals surface area contributed by atoms with Gasteiger partial charge in [0.05, 0.1) is 0 Å². The first-order valence-corrected chi connectivity index (χ1v) is 9.02. The van der Waals surface area contributed by atoms with Gasteiger partial charge in [-0.3, -0.25) is 4.79 Å². The second-order valence-corrected chi connectivity index (χ2v) is 6.32. The lowest BCUT2D eigenvalue weighted by molar-refractivity contribution is 0.0740. The normalized spacial score (nSPS) is 14.3. The van der Waals surface area contributed by atoms with Gasteiger partial charge in [-0.1, -0.05) is 0 Å². The highest BCUT2D eigenvalue weighted by Crippen LogP contribution is 2.18. The number of methoxy groups -OCH3 is 1. The van der Waals surface area contributed by atoms with Gasteiger partial charge in [0.1, 0.15) is 23.7 Å². The number of anilines is 2. The summed E-state index contributed by atoms with van der Waals surface area (Å²) in [5, 5.41) is 3.17. The number of rotatable bonds is 7. The van der Waals surface area contributed by atoms with E-state index in [1.807, 2.05) is 0 Å². The van der Waals surface area contributed by atoms with Crippen LogP contribution in [0.1, 0.15) is 16.9 Å². The van der Waals surface area contributed by atoms with E-state index in [1.165, 1.54) is 18.5 Å². The summed E-state index contributed by atoms with van der Waals surface area (Å²) in [6.07, 6.45) is 2.26. The molecule has 0 saturated carbocycles. The number of carbonyl (C=O) groups is 1. The Morgan fingerprint density at radius 2 is 1.93 bits per heavy atom. The number of nitrogens with one attached hydrogen (secondary N) is 1. The molecule has 0 spiro atoms. The van der Waals surface area contributed by atoms with Gasteiger partial charge >= 0.3 is 0 Å². The molecule has 1 saturated heterocycles. The van der Waals surface area contributed by atoms with Crippen molar-refractivity contribution in [1.29, 1.82) is 0 Å². The van der Waals surface area contributed by atoms with E-state index in [1.54, 1.807) is 30.2 Å². The van der Waals surface area contributed by atoms with Crippen molar-refractivity contribution in [2.24, 2.45) is 0 Å². The molecular weight excluding hydrogens is 349 g/mol. The van der Waals surface area contributed by atoms with Crippen molar-refractivity contribution in [1.82, 2.24) is 14.9 Å². The first-order valence-electron chi connectivity index (χ1n) is 9.02. The van der Waals surface area contributed by atoms with Crippen LogP contribution in [-0.2, 0) is 4.74 Å². The summed E-state index contributed by atoms with van der Waals surface area (Å²) in [6, 6.07) is 8.11. The van der Waals surface area contributed by atoms with E-state index in [0.29, 0.717) is 44.3 Å². The van der Waals surface area contributed by atoms with E-state index < -0.39 is 0 Å². The van der Waals surface area contributed by atoms with Crippen LogP contribution >= 0.6 is 0 Å². The molecule has 0 radical (unpaired) electrons. The molecule has 3 rings (SSSR count). The second-order valence-electron chi connectivity index (χ2n) is 6.32. The molecule has 1 fully saturated rings. The van der Waals surface area contributed by atoms with Crippen molar-refractivity contribution in [3.8, 4) is 0 Å². The average molecular weight is 373 g/mol. The Labute approximate surface area is 158 Å². The fraction of sp³-hybridized carbons (Fsp3) is 0.421. The van der Waals surface area contributed by atoms with E-state index in [-0.39, 0.29) is 11.7 Å². The van der Waals surface area contributed by atoms with Gasteiger partial charge in [-0.2, -0.15) is 0 Å². The third-order valence-corrected chi connectivity index (χ3v) is 4.48. The summed E-state index contributed by atoms with van der Waals surface area (Å²) >= 11 is 0. The van der Waals surface area contributed by atoms with E-state index in [2.05, 4.69) is 20.2 Å². The van der Waals surface area contributed by atoms with E-state index in [4.69, 9.17) is 4.74 Å². The maximum absolute atomic E-state index is 13.1. The van der Waals surface area contributed by atoms with E-state index in [0.717, 1.165) is 18.7 Å². The first-order chi connectivity index (χ1) is 13.2. The highest BCUT2D eigenvalue weighted by molar-refractivity contribution is 5.93. The third kappa shape index (κ3) is 5.13. The summed E-state index contributed by atoms with van der Waals surface area (Å²) in [6.45, 7) is 3.97. The number of piperazine rings is 1. The highest BCUT2D eigenvalue weighted by atomic mass is 19.1. The van der Waals surface area contributed by atoms with E-state index >= 15 is 0 Å². The molecule has 1 aromatic carbocycles. The van der Waals surface area contributed by atoms with Crippen LogP contribution in [0.15, 0.2) is 36.7 Å². The number of nitrogens with zero attached hydrogens (tertiary/aromatic N) is 4. The van der Waals surface area contributed by atoms with Crippen LogP contribution in [0, 0.1) is 5.82 Å². The predicted octanol–water partition coefficient (Wildman–Crippen LogP) is 2.03. The average Bonchev–Trinajstić information content (AvgIpc) is 2.72. The molecule has 8 heteroatoms. The van der Waals surface area contributed by atoms with Crippen LogP contribution in [0.2, 0.25) is 0 Å². The second kappa shape index (κ2) is 9.27. The van der Waals surface area contributed by atoms with Gasteiger partial charge in [-0.25, -0.2) is 14.4 Å². The van der Waals surface area contributed by atoms with Crippen molar-refractivity contribution in [3.63, 3.8) is 0 Å². The minimum Gasteiger partial charge on any atom is -0.385 e. The molecule has 0 atom stereocenters. The molecule has 0 bridgehead atoms. The molecule has 0 unspecified atom stereocenters. The van der Waals surface area contributed by atoms with Gasteiger partial charge in [-0.05, 0) is 30.7 Å². The minimum atomic E-state index is -0.247. The Morgan fingerprint density at radius 3 is 2.63 bits per heavy atom. The van der Waals surface area contributed by atoms with Crippen molar-refractivity contribution in [3.05, 3.63) is 48.2 Å². The molecule has 27 heavy (non-hydrogen) atoms. The van der Waals surface area contributed by atoms with Gasteiger partial charge in [0.2, 0.25) is 0 Å². The van der Waals surface area contributed by atoms with Crippen LogP contribution in [0.4, 0.5) is 15.9 Å². The first kappa shape index (κ1) is 19.0. The third-order valence-electron chi connectivity index (χ3n) is 4.48. The monoisotopic (exact) mass is 373 g/mol. The number of halogens is 1. The lowest BCUT2D eigenvalue weighted by Crippen LogP contribution is -2.49. The number of hydrogen-bond donors (Lipinski definition) is 1. The predicted molar refractivity (Wildman–Crippen MR) is 102 cm³/mol. The van der Waals surface area contributed by atoms with Crippen LogP contribution in [0.25, 0.3) is 0 Å². The zero-order valence-corrected chi connectivity index (χ0v) is 15.4. The molecular formula is C19H24FN5O2. The number of ether oxygens (including phenoxy) is 1. The fourth-order valence-corrected chi connectivity index (χ4v) is 2.99. The molecule has 0 aliphatic carbocycles. The molecule has 144 valence electrons. The zero-order valence-electron chi connectivity index (χ0n) is 15.4. The standard InChI is InChI=1S/C19H24FN5O2/c1-27-12-2-7-21-18-13-17(22-14-23-18)19(26)25-10-8-24(9-11-25)16-5-3-15(20)4-6-16/h3-6,13-14H,2,7-12H2,1H3,(H,21,22,23). The van der Waals surface area contributed by atoms with Gasteiger partial charge < -0.3 is 19.9 Å². The Hall–Kier alpha value is -2.74. The summed E-state index contributed by atoms with van der Waals surface area (Å²) < 4.78 is 18.1. The van der Waals surface area contributed by atoms with Crippen LogP contribution in [-0.4, -0.2) is 67.2 Å². The Bertz CT molecular complexity index is 748. The molecule has 2 heterocycles. The Morgan fingerprint density at radius 1 is 1.19 bits per heavy atom. The van der Waals surface area contributed by atoms with Crippen LogP contribution in [0.5, 0.6) is 0 Å². The number of amides is 1. The fourth-order valence-electron chi connectivity index (χ4n) is 2.99. The minimum absolute atomic E-state index is 0.101. The number of benzene rings is 1. The van der Waals surface area contributed by atoms with Gasteiger partial charge in [-0.15, -0.1) is 0 Å². The maximum Gasteiger partial charge on any atom is 0.272 e. The summed E-state index contributed by atoms with van der Waals surface area (Å²) in [7, 11) is 1.66. The molecule has 1 amide bonds.